The molecule has 0 N–H and O–H groups in total. The van der Waals surface area contributed by atoms with Gasteiger partial charge in [-0.1, -0.05) is 91.8 Å². The molecule has 3 aromatic heterocycles. The monoisotopic (exact) mass is 951 g/mol. The average molecular weight is 950 g/mol. The van der Waals surface area contributed by atoms with Gasteiger partial charge in [0.25, 0.3) is 0 Å². The molecule has 5 heteroatoms. The SMILES string of the molecule is [CH2-]c1ccc2c(oc3cc(-c4ccccc4)ccc32)c1-c1cc(CC2CCCCC2)cc[n+]1[CH2-].[CH2-]c1ccccc1-c1cc(C)[c]([Ge]([CH3])([CH3])[CH3])c[n+]1[CH2-].[Ir]. The number of fused-ring (bicyclic) bond motifs is 3. The second-order valence-corrected chi connectivity index (χ2v) is 26.5. The zero-order valence-corrected chi connectivity index (χ0v) is 36.7. The minimum atomic E-state index is -1.83. The van der Waals surface area contributed by atoms with Gasteiger partial charge < -0.3 is 8.98 Å². The molecule has 0 saturated heterocycles. The van der Waals surface area contributed by atoms with Gasteiger partial charge in [-0.25, -0.2) is 0 Å². The van der Waals surface area contributed by atoms with Gasteiger partial charge in [0.1, 0.15) is 5.58 Å². The summed E-state index contributed by atoms with van der Waals surface area (Å²) in [5, 5.41) is 2.25. The van der Waals surface area contributed by atoms with Crippen LogP contribution in [0.1, 0.15) is 54.4 Å². The zero-order valence-electron chi connectivity index (χ0n) is 32.3. The summed E-state index contributed by atoms with van der Waals surface area (Å²) in [7, 11) is 8.46. The molecule has 1 aliphatic rings. The van der Waals surface area contributed by atoms with Crippen molar-refractivity contribution in [2.75, 3.05) is 0 Å². The van der Waals surface area contributed by atoms with E-state index >= 15 is 0 Å². The topological polar surface area (TPSA) is 20.9 Å². The third-order valence-corrected chi connectivity index (χ3v) is 15.4. The number of aryl methyl sites for hydroxylation is 1. The second-order valence-electron chi connectivity index (χ2n) is 15.9. The fraction of sp³-hybridized carbons (Fsp3) is 0.224. The van der Waals surface area contributed by atoms with E-state index in [1.165, 1.54) is 53.2 Å². The number of aromatic nitrogens is 2. The number of hydrogen-bond acceptors (Lipinski definition) is 1. The van der Waals surface area contributed by atoms with E-state index < -0.39 is 13.3 Å². The van der Waals surface area contributed by atoms with Crippen molar-refractivity contribution in [1.29, 1.82) is 0 Å². The number of hydrogen-bond donors (Lipinski definition) is 0. The third kappa shape index (κ3) is 8.32. The summed E-state index contributed by atoms with van der Waals surface area (Å²) in [6.45, 7) is 10.7. The van der Waals surface area contributed by atoms with Crippen LogP contribution in [-0.2, 0) is 26.5 Å². The van der Waals surface area contributed by atoms with Gasteiger partial charge in [-0.15, -0.1) is 6.07 Å². The molecule has 1 saturated carbocycles. The van der Waals surface area contributed by atoms with Crippen LogP contribution < -0.4 is 13.5 Å². The second kappa shape index (κ2) is 16.6. The zero-order chi connectivity index (χ0) is 37.3. The Balaban J connectivity index is 0.000000213. The molecular weight excluding hydrogens is 897 g/mol. The Kier molecular flexibility index (Phi) is 12.1. The molecule has 0 bridgehead atoms. The summed E-state index contributed by atoms with van der Waals surface area (Å²) >= 11 is -1.83. The van der Waals surface area contributed by atoms with E-state index in [1.54, 1.807) is 0 Å². The molecule has 0 spiro atoms. The Bertz CT molecular complexity index is 2400. The molecule has 0 unspecified atom stereocenters. The molecule has 1 radical (unpaired) electrons. The predicted octanol–water partition coefficient (Wildman–Crippen LogP) is 11.5. The minimum Gasteiger partial charge on any atom is 0 e. The Morgan fingerprint density at radius 2 is 1.41 bits per heavy atom. The Morgan fingerprint density at radius 1 is 0.704 bits per heavy atom. The molecule has 1 aliphatic carbocycles. The quantitative estimate of drug-likeness (QED) is 0.0924. The van der Waals surface area contributed by atoms with Gasteiger partial charge in [-0.2, -0.15) is 18.6 Å². The normalized spacial score (nSPS) is 13.3. The molecule has 0 atom stereocenters. The van der Waals surface area contributed by atoms with E-state index in [1.807, 2.05) is 27.3 Å². The Labute approximate surface area is 339 Å². The van der Waals surface area contributed by atoms with Crippen LogP contribution >= 0.6 is 0 Å². The summed E-state index contributed by atoms with van der Waals surface area (Å²) in [5.74, 6) is 8.03. The summed E-state index contributed by atoms with van der Waals surface area (Å²) in [6, 6.07) is 36.2. The number of nitrogens with zero attached hydrogens (tertiary/aromatic N) is 2. The minimum absolute atomic E-state index is 0. The first-order chi connectivity index (χ1) is 25.5. The fourth-order valence-electron chi connectivity index (χ4n) is 8.09. The molecule has 8 rings (SSSR count). The molecule has 4 aromatic carbocycles. The van der Waals surface area contributed by atoms with Gasteiger partial charge in [0.15, 0.2) is 0 Å². The van der Waals surface area contributed by atoms with Crippen LogP contribution in [0.25, 0.3) is 55.6 Å². The maximum atomic E-state index is 6.54. The summed E-state index contributed by atoms with van der Waals surface area (Å²) in [5.41, 5.74) is 13.3. The van der Waals surface area contributed by atoms with Gasteiger partial charge in [0.05, 0.1) is 17.5 Å². The molecule has 3 heterocycles. The van der Waals surface area contributed by atoms with Crippen LogP contribution in [0.15, 0.2) is 120 Å². The van der Waals surface area contributed by atoms with Crippen LogP contribution in [0.4, 0.5) is 0 Å². The first-order valence-corrected chi connectivity index (χ1v) is 26.3. The Hall–Kier alpha value is -4.35. The van der Waals surface area contributed by atoms with E-state index in [9.17, 15) is 0 Å². The smallest absolute Gasteiger partial charge is 0 e. The molecule has 54 heavy (non-hydrogen) atoms. The van der Waals surface area contributed by atoms with Crippen molar-refractivity contribution < 1.29 is 33.7 Å². The van der Waals surface area contributed by atoms with Crippen molar-refractivity contribution >= 4 is 39.6 Å². The predicted molar refractivity (Wildman–Crippen MR) is 225 cm³/mol. The van der Waals surface area contributed by atoms with Gasteiger partial charge in [-0.3, -0.25) is 0 Å². The van der Waals surface area contributed by atoms with Crippen molar-refractivity contribution in [3.8, 4) is 33.6 Å². The van der Waals surface area contributed by atoms with Crippen molar-refractivity contribution in [1.82, 2.24) is 0 Å². The summed E-state index contributed by atoms with van der Waals surface area (Å²) < 4.78 is 12.0. The third-order valence-electron chi connectivity index (χ3n) is 10.9. The van der Waals surface area contributed by atoms with Crippen molar-refractivity contribution in [2.45, 2.75) is 62.7 Å². The van der Waals surface area contributed by atoms with Gasteiger partial charge in [0.2, 0.25) is 0 Å². The largest absolute Gasteiger partial charge is 0 e. The van der Waals surface area contributed by atoms with Gasteiger partial charge in [-0.05, 0) is 35.6 Å². The molecule has 0 aliphatic heterocycles. The molecule has 3 nitrogen and oxygen atoms in total. The van der Waals surface area contributed by atoms with Crippen LogP contribution in [0, 0.1) is 40.8 Å². The standard InChI is InChI=1S/C32H30NO.C17H22GeN.Ir/c1-22-13-15-28-27-16-14-26(25-11-7-4-8-12-25)21-30(27)34-32(28)31(22)29-20-24(17-18-33(29)2)19-23-9-5-3-6-10-23;1-13-9-7-8-10-15(13)17-11-14(2)16(12-19(17)6)18(3,4)5;/h4,7-8,11-18,20-21,23H,1-3,5-6,9-10,19H2;7-12H,1,6H2,2-5H3;/q2*-1;. The first-order valence-electron chi connectivity index (χ1n) is 19.0. The maximum Gasteiger partial charge on any atom is 0 e. The average Bonchev–Trinajstić information content (AvgIpc) is 3.52. The van der Waals surface area contributed by atoms with Crippen LogP contribution in [0.3, 0.4) is 0 Å². The molecular formula is C49H52GeIrN2O-2. The van der Waals surface area contributed by atoms with Crippen molar-refractivity contribution in [3.05, 3.63) is 166 Å². The number of rotatable bonds is 6. The van der Waals surface area contributed by atoms with Crippen LogP contribution in [0.5, 0.6) is 0 Å². The van der Waals surface area contributed by atoms with Crippen molar-refractivity contribution in [3.63, 3.8) is 0 Å². The van der Waals surface area contributed by atoms with Gasteiger partial charge in [0, 0.05) is 37.9 Å². The number of pyridine rings is 2. The van der Waals surface area contributed by atoms with Crippen LogP contribution in [-0.4, -0.2) is 13.3 Å². The van der Waals surface area contributed by atoms with E-state index in [0.29, 0.717) is 0 Å². The van der Waals surface area contributed by atoms with E-state index in [4.69, 9.17) is 4.42 Å². The fourth-order valence-corrected chi connectivity index (χ4v) is 11.9. The summed E-state index contributed by atoms with van der Waals surface area (Å²) in [4.78, 5) is 0. The van der Waals surface area contributed by atoms with E-state index in [-0.39, 0.29) is 20.1 Å². The maximum absolute atomic E-state index is 6.54. The van der Waals surface area contributed by atoms with Crippen LogP contribution in [0.2, 0.25) is 17.3 Å². The van der Waals surface area contributed by atoms with E-state index in [2.05, 4.69) is 149 Å². The molecule has 0 amide bonds. The number of benzene rings is 4. The summed E-state index contributed by atoms with van der Waals surface area (Å²) in [6.07, 6.45) is 12.3. The molecule has 279 valence electrons. The first kappa shape index (κ1) is 39.3. The van der Waals surface area contributed by atoms with Crippen molar-refractivity contribution in [2.24, 2.45) is 5.92 Å². The van der Waals surface area contributed by atoms with Gasteiger partial charge >= 0.3 is 119 Å². The number of furan rings is 1. The Morgan fingerprint density at radius 3 is 2.13 bits per heavy atom. The molecule has 7 aromatic rings. The van der Waals surface area contributed by atoms with E-state index in [0.717, 1.165) is 73.5 Å². The molecule has 1 fully saturated rings.